The quantitative estimate of drug-likeness (QED) is 0.674. The van der Waals surface area contributed by atoms with E-state index in [2.05, 4.69) is 20.3 Å². The Morgan fingerprint density at radius 3 is 2.42 bits per heavy atom. The molecular formula is C20H22FN5. The zero-order valence-corrected chi connectivity index (χ0v) is 14.8. The van der Waals surface area contributed by atoms with Crippen LogP contribution in [0.4, 0.5) is 16.2 Å². The van der Waals surface area contributed by atoms with Crippen LogP contribution in [0.5, 0.6) is 0 Å². The molecule has 0 saturated carbocycles. The summed E-state index contributed by atoms with van der Waals surface area (Å²) < 4.78 is 12.9. The Hall–Kier alpha value is -3.02. The highest BCUT2D eigenvalue weighted by Crippen LogP contribution is 2.11. The number of nitrogens with zero attached hydrogens (tertiary/aromatic N) is 4. The predicted molar refractivity (Wildman–Crippen MR) is 102 cm³/mol. The zero-order chi connectivity index (χ0) is 18.2. The van der Waals surface area contributed by atoms with Gasteiger partial charge in [0.25, 0.3) is 0 Å². The fourth-order valence-electron chi connectivity index (χ4n) is 2.56. The minimum absolute atomic E-state index is 0.211. The molecule has 2 aromatic heterocycles. The first-order valence-corrected chi connectivity index (χ1v) is 8.62. The molecule has 0 aliphatic rings. The van der Waals surface area contributed by atoms with E-state index >= 15 is 0 Å². The molecule has 3 rings (SSSR count). The number of nitrogens with one attached hydrogen (secondary N) is 1. The minimum Gasteiger partial charge on any atom is -0.370 e. The molecule has 0 atom stereocenters. The molecule has 6 heteroatoms. The smallest absolute Gasteiger partial charge is 0.226 e. The largest absolute Gasteiger partial charge is 0.370 e. The van der Waals surface area contributed by atoms with Gasteiger partial charge >= 0.3 is 0 Å². The second-order valence-corrected chi connectivity index (χ2v) is 6.07. The molecule has 0 fully saturated rings. The Bertz CT molecular complexity index is 808. The minimum atomic E-state index is -0.211. The lowest BCUT2D eigenvalue weighted by Crippen LogP contribution is -2.23. The number of hydrogen-bond donors (Lipinski definition) is 1. The highest BCUT2D eigenvalue weighted by atomic mass is 19.1. The summed E-state index contributed by atoms with van der Waals surface area (Å²) in [5, 5.41) is 3.30. The molecule has 0 radical (unpaired) electrons. The van der Waals surface area contributed by atoms with Gasteiger partial charge in [0.1, 0.15) is 11.6 Å². The van der Waals surface area contributed by atoms with Gasteiger partial charge in [-0.05, 0) is 54.3 Å². The van der Waals surface area contributed by atoms with E-state index in [-0.39, 0.29) is 5.82 Å². The van der Waals surface area contributed by atoms with E-state index in [9.17, 15) is 4.39 Å². The van der Waals surface area contributed by atoms with Crippen LogP contribution in [0.15, 0.2) is 61.1 Å². The molecule has 134 valence electrons. The summed E-state index contributed by atoms with van der Waals surface area (Å²) in [5.41, 5.74) is 2.32. The van der Waals surface area contributed by atoms with Gasteiger partial charge in [-0.1, -0.05) is 12.1 Å². The maximum atomic E-state index is 12.9. The van der Waals surface area contributed by atoms with E-state index in [1.165, 1.54) is 17.7 Å². The molecule has 0 saturated heterocycles. The van der Waals surface area contributed by atoms with Crippen LogP contribution in [0, 0.1) is 5.82 Å². The number of anilines is 2. The number of likely N-dealkylation sites (N-methyl/N-ethyl adjacent to an activating group) is 1. The first-order valence-electron chi connectivity index (χ1n) is 8.62. The summed E-state index contributed by atoms with van der Waals surface area (Å²) in [7, 11) is 1.98. The summed E-state index contributed by atoms with van der Waals surface area (Å²) >= 11 is 0. The highest BCUT2D eigenvalue weighted by Gasteiger charge is 2.06. The average molecular weight is 351 g/mol. The molecule has 2 heterocycles. The zero-order valence-electron chi connectivity index (χ0n) is 14.8. The third-order valence-electron chi connectivity index (χ3n) is 4.10. The van der Waals surface area contributed by atoms with Crippen molar-refractivity contribution in [2.24, 2.45) is 0 Å². The predicted octanol–water partition coefficient (Wildman–Crippen LogP) is 3.34. The highest BCUT2D eigenvalue weighted by molar-refractivity contribution is 5.41. The summed E-state index contributed by atoms with van der Waals surface area (Å²) in [6, 6.07) is 12.4. The van der Waals surface area contributed by atoms with E-state index < -0.39 is 0 Å². The molecule has 0 aliphatic heterocycles. The molecule has 0 unspecified atom stereocenters. The molecule has 1 N–H and O–H groups in total. The van der Waals surface area contributed by atoms with Gasteiger partial charge < -0.3 is 10.2 Å². The molecule has 5 nitrogen and oxygen atoms in total. The van der Waals surface area contributed by atoms with E-state index in [4.69, 9.17) is 0 Å². The SMILES string of the molecule is CN(CCc1ccncc1)c1nccc(NCCc2ccc(F)cc2)n1. The first kappa shape index (κ1) is 17.8. The topological polar surface area (TPSA) is 53.9 Å². The van der Waals surface area contributed by atoms with E-state index in [1.807, 2.05) is 30.1 Å². The van der Waals surface area contributed by atoms with Gasteiger partial charge in [0.05, 0.1) is 0 Å². The van der Waals surface area contributed by atoms with Crippen molar-refractivity contribution in [3.05, 3.63) is 78.0 Å². The lowest BCUT2D eigenvalue weighted by molar-refractivity contribution is 0.627. The van der Waals surface area contributed by atoms with Crippen molar-refractivity contribution in [3.63, 3.8) is 0 Å². The Labute approximate surface area is 153 Å². The standard InChI is InChI=1S/C20H22FN5/c1-26(15-10-17-6-11-22-12-7-17)20-24-14-9-19(25-20)23-13-8-16-2-4-18(21)5-3-16/h2-7,9,11-12,14H,8,10,13,15H2,1H3,(H,23,24,25). The van der Waals surface area contributed by atoms with Crippen LogP contribution in [0.2, 0.25) is 0 Å². The molecule has 1 aromatic carbocycles. The van der Waals surface area contributed by atoms with E-state index in [0.29, 0.717) is 5.95 Å². The van der Waals surface area contributed by atoms with Crippen LogP contribution in [0.25, 0.3) is 0 Å². The van der Waals surface area contributed by atoms with Crippen molar-refractivity contribution >= 4 is 11.8 Å². The number of halogens is 1. The number of hydrogen-bond acceptors (Lipinski definition) is 5. The van der Waals surface area contributed by atoms with Crippen molar-refractivity contribution in [2.45, 2.75) is 12.8 Å². The van der Waals surface area contributed by atoms with Gasteiger partial charge in [0.15, 0.2) is 0 Å². The van der Waals surface area contributed by atoms with Crippen molar-refractivity contribution < 1.29 is 4.39 Å². The maximum absolute atomic E-state index is 12.9. The molecule has 0 amide bonds. The monoisotopic (exact) mass is 351 g/mol. The fourth-order valence-corrected chi connectivity index (χ4v) is 2.56. The second kappa shape index (κ2) is 8.89. The summed E-state index contributed by atoms with van der Waals surface area (Å²) in [4.78, 5) is 15.0. The second-order valence-electron chi connectivity index (χ2n) is 6.07. The third kappa shape index (κ3) is 5.24. The molecule has 0 aliphatic carbocycles. The summed E-state index contributed by atoms with van der Waals surface area (Å²) in [5.74, 6) is 1.26. The van der Waals surface area contributed by atoms with E-state index in [0.717, 1.165) is 37.3 Å². The van der Waals surface area contributed by atoms with Crippen LogP contribution < -0.4 is 10.2 Å². The van der Waals surface area contributed by atoms with Crippen LogP contribution in [-0.2, 0) is 12.8 Å². The molecular weight excluding hydrogens is 329 g/mol. The van der Waals surface area contributed by atoms with Crippen LogP contribution in [-0.4, -0.2) is 35.1 Å². The summed E-state index contributed by atoms with van der Waals surface area (Å²) in [6.07, 6.45) is 7.07. The molecule has 0 bridgehead atoms. The summed E-state index contributed by atoms with van der Waals surface area (Å²) in [6.45, 7) is 1.55. The fraction of sp³-hybridized carbons (Fsp3) is 0.250. The Balaban J connectivity index is 1.51. The number of benzene rings is 1. The van der Waals surface area contributed by atoms with Crippen LogP contribution in [0.1, 0.15) is 11.1 Å². The maximum Gasteiger partial charge on any atom is 0.226 e. The number of pyridine rings is 1. The average Bonchev–Trinajstić information content (AvgIpc) is 2.69. The van der Waals surface area contributed by atoms with E-state index in [1.54, 1.807) is 30.7 Å². The number of aromatic nitrogens is 3. The third-order valence-corrected chi connectivity index (χ3v) is 4.10. The molecule has 3 aromatic rings. The first-order chi connectivity index (χ1) is 12.7. The van der Waals surface area contributed by atoms with Gasteiger partial charge in [0, 0.05) is 38.7 Å². The Kier molecular flexibility index (Phi) is 6.09. The van der Waals surface area contributed by atoms with Crippen molar-refractivity contribution in [1.82, 2.24) is 15.0 Å². The van der Waals surface area contributed by atoms with Crippen molar-refractivity contribution in [2.75, 3.05) is 30.4 Å². The molecule has 26 heavy (non-hydrogen) atoms. The van der Waals surface area contributed by atoms with Gasteiger partial charge in [0.2, 0.25) is 5.95 Å². The van der Waals surface area contributed by atoms with Gasteiger partial charge in [-0.2, -0.15) is 4.98 Å². The van der Waals surface area contributed by atoms with Crippen LogP contribution in [0.3, 0.4) is 0 Å². The number of rotatable bonds is 8. The Morgan fingerprint density at radius 1 is 0.923 bits per heavy atom. The normalized spacial score (nSPS) is 10.5. The van der Waals surface area contributed by atoms with Crippen molar-refractivity contribution in [1.29, 1.82) is 0 Å². The van der Waals surface area contributed by atoms with Gasteiger partial charge in [-0.3, -0.25) is 4.98 Å². The van der Waals surface area contributed by atoms with Crippen LogP contribution >= 0.6 is 0 Å². The van der Waals surface area contributed by atoms with Gasteiger partial charge in [-0.15, -0.1) is 0 Å². The lowest BCUT2D eigenvalue weighted by Gasteiger charge is -2.17. The lowest BCUT2D eigenvalue weighted by atomic mass is 10.1. The van der Waals surface area contributed by atoms with Gasteiger partial charge in [-0.25, -0.2) is 9.37 Å². The molecule has 0 spiro atoms. The van der Waals surface area contributed by atoms with Crippen molar-refractivity contribution in [3.8, 4) is 0 Å². The Morgan fingerprint density at radius 2 is 1.65 bits per heavy atom.